The second-order valence-corrected chi connectivity index (χ2v) is 7.44. The molecule has 2 atom stereocenters. The first kappa shape index (κ1) is 17.0. The summed E-state index contributed by atoms with van der Waals surface area (Å²) in [6.45, 7) is 3.31. The number of hydrogen-bond donors (Lipinski definition) is 0. The van der Waals surface area contributed by atoms with Crippen molar-refractivity contribution < 1.29 is 0 Å². The molecule has 2 aromatic rings. The molecule has 0 radical (unpaired) electrons. The van der Waals surface area contributed by atoms with Crippen molar-refractivity contribution in [3.05, 3.63) is 63.1 Å². The van der Waals surface area contributed by atoms with Crippen molar-refractivity contribution in [1.82, 2.24) is 0 Å². The monoisotopic (exact) mass is 367 g/mol. The summed E-state index contributed by atoms with van der Waals surface area (Å²) in [5.41, 5.74) is 2.35. The van der Waals surface area contributed by atoms with Gasteiger partial charge in [-0.2, -0.15) is 0 Å². The third kappa shape index (κ3) is 3.79. The Labute approximate surface area is 153 Å². The van der Waals surface area contributed by atoms with Crippen LogP contribution in [0.5, 0.6) is 0 Å². The fourth-order valence-electron chi connectivity index (χ4n) is 3.39. The third-order valence-corrected chi connectivity index (χ3v) is 5.55. The van der Waals surface area contributed by atoms with Crippen LogP contribution in [0.2, 0.25) is 15.1 Å². The van der Waals surface area contributed by atoms with Gasteiger partial charge in [-0.3, -0.25) is 0 Å². The van der Waals surface area contributed by atoms with Crippen LogP contribution < -0.4 is 4.90 Å². The van der Waals surface area contributed by atoms with E-state index in [1.54, 1.807) is 0 Å². The molecular weight excluding hydrogens is 349 g/mol. The van der Waals surface area contributed by atoms with E-state index in [9.17, 15) is 0 Å². The molecule has 1 saturated heterocycles. The van der Waals surface area contributed by atoms with E-state index in [1.165, 1.54) is 18.5 Å². The summed E-state index contributed by atoms with van der Waals surface area (Å²) in [6, 6.07) is 14.2. The topological polar surface area (TPSA) is 3.24 Å². The molecule has 0 amide bonds. The van der Waals surface area contributed by atoms with Gasteiger partial charge in [-0.05, 0) is 60.7 Å². The van der Waals surface area contributed by atoms with Crippen molar-refractivity contribution in [3.63, 3.8) is 0 Å². The minimum absolute atomic E-state index is 0.281. The van der Waals surface area contributed by atoms with Crippen LogP contribution in [-0.4, -0.2) is 6.54 Å². The number of halogens is 3. The van der Waals surface area contributed by atoms with Gasteiger partial charge in [0, 0.05) is 27.3 Å². The molecule has 0 spiro atoms. The van der Waals surface area contributed by atoms with Gasteiger partial charge in [0.15, 0.2) is 0 Å². The van der Waals surface area contributed by atoms with Gasteiger partial charge in [0.25, 0.3) is 0 Å². The Morgan fingerprint density at radius 2 is 1.65 bits per heavy atom. The normalized spacial score (nSPS) is 21.5. The second kappa shape index (κ2) is 7.34. The van der Waals surface area contributed by atoms with Crippen LogP contribution in [0.4, 0.5) is 5.69 Å². The lowest BCUT2D eigenvalue weighted by Crippen LogP contribution is -2.38. The van der Waals surface area contributed by atoms with Crippen molar-refractivity contribution in [3.8, 4) is 0 Å². The van der Waals surface area contributed by atoms with Gasteiger partial charge < -0.3 is 4.90 Å². The number of rotatable bonds is 3. The summed E-state index contributed by atoms with van der Waals surface area (Å²) in [5.74, 6) is 0.716. The number of benzene rings is 2. The zero-order valence-corrected chi connectivity index (χ0v) is 15.4. The van der Waals surface area contributed by atoms with E-state index in [-0.39, 0.29) is 6.04 Å². The Bertz CT molecular complexity index is 669. The summed E-state index contributed by atoms with van der Waals surface area (Å²) in [7, 11) is 0. The molecule has 0 unspecified atom stereocenters. The second-order valence-electron chi connectivity index (χ2n) is 6.16. The van der Waals surface area contributed by atoms with Crippen molar-refractivity contribution in [2.45, 2.75) is 32.2 Å². The lowest BCUT2D eigenvalue weighted by atomic mass is 9.87. The van der Waals surface area contributed by atoms with Crippen LogP contribution in [0.1, 0.15) is 37.8 Å². The Kier molecular flexibility index (Phi) is 5.41. The summed E-state index contributed by atoms with van der Waals surface area (Å²) < 4.78 is 0. The molecule has 0 saturated carbocycles. The number of anilines is 1. The van der Waals surface area contributed by atoms with Gasteiger partial charge in [0.05, 0.1) is 6.04 Å². The first-order valence-electron chi connectivity index (χ1n) is 8.05. The van der Waals surface area contributed by atoms with Crippen LogP contribution in [0.15, 0.2) is 42.5 Å². The average molecular weight is 369 g/mol. The standard InChI is InChI=1S/C19H20Cl3N/c1-2-13-3-10-19(17-9-6-15(21)11-18(17)22)23(12-13)16-7-4-14(20)5-8-16/h4-9,11,13,19H,2-3,10,12H2,1H3/t13-,19+/m1/s1. The van der Waals surface area contributed by atoms with E-state index < -0.39 is 0 Å². The molecule has 0 N–H and O–H groups in total. The van der Waals surface area contributed by atoms with Crippen molar-refractivity contribution in [1.29, 1.82) is 0 Å². The van der Waals surface area contributed by atoms with E-state index in [0.717, 1.165) is 28.6 Å². The maximum atomic E-state index is 6.48. The van der Waals surface area contributed by atoms with Crippen LogP contribution >= 0.6 is 34.8 Å². The van der Waals surface area contributed by atoms with Gasteiger partial charge in [-0.15, -0.1) is 0 Å². The molecule has 122 valence electrons. The highest BCUT2D eigenvalue weighted by Gasteiger charge is 2.30. The van der Waals surface area contributed by atoms with Crippen molar-refractivity contribution in [2.24, 2.45) is 5.92 Å². The largest absolute Gasteiger partial charge is 0.364 e. The van der Waals surface area contributed by atoms with Crippen LogP contribution in [-0.2, 0) is 0 Å². The maximum absolute atomic E-state index is 6.48. The summed E-state index contributed by atoms with van der Waals surface area (Å²) >= 11 is 18.6. The Balaban J connectivity index is 1.97. The highest BCUT2D eigenvalue weighted by Crippen LogP contribution is 2.41. The lowest BCUT2D eigenvalue weighted by molar-refractivity contribution is 0.352. The predicted molar refractivity (Wildman–Crippen MR) is 101 cm³/mol. The molecule has 1 aliphatic rings. The van der Waals surface area contributed by atoms with Gasteiger partial charge in [0.2, 0.25) is 0 Å². The summed E-state index contributed by atoms with van der Waals surface area (Å²) in [5, 5.41) is 2.19. The molecule has 1 nitrogen and oxygen atoms in total. The zero-order valence-electron chi connectivity index (χ0n) is 13.1. The minimum atomic E-state index is 0.281. The van der Waals surface area contributed by atoms with Gasteiger partial charge in [-0.25, -0.2) is 0 Å². The first-order chi connectivity index (χ1) is 11.1. The molecule has 0 aromatic heterocycles. The fourth-order valence-corrected chi connectivity index (χ4v) is 4.05. The zero-order chi connectivity index (χ0) is 16.4. The van der Waals surface area contributed by atoms with Gasteiger partial charge >= 0.3 is 0 Å². The van der Waals surface area contributed by atoms with E-state index in [4.69, 9.17) is 34.8 Å². The van der Waals surface area contributed by atoms with E-state index in [2.05, 4.69) is 30.0 Å². The number of piperidine rings is 1. The molecule has 1 aliphatic heterocycles. The number of nitrogens with zero attached hydrogens (tertiary/aromatic N) is 1. The molecule has 3 rings (SSSR count). The minimum Gasteiger partial charge on any atom is -0.364 e. The van der Waals surface area contributed by atoms with E-state index in [0.29, 0.717) is 10.9 Å². The molecule has 0 aliphatic carbocycles. The predicted octanol–water partition coefficient (Wildman–Crippen LogP) is 7.01. The fraction of sp³-hybridized carbons (Fsp3) is 0.368. The Morgan fingerprint density at radius 3 is 2.30 bits per heavy atom. The van der Waals surface area contributed by atoms with Gasteiger partial charge in [-0.1, -0.05) is 54.2 Å². The molecule has 23 heavy (non-hydrogen) atoms. The molecule has 1 heterocycles. The molecule has 0 bridgehead atoms. The summed E-state index contributed by atoms with van der Waals surface area (Å²) in [4.78, 5) is 2.46. The molecule has 2 aromatic carbocycles. The van der Waals surface area contributed by atoms with Gasteiger partial charge in [0.1, 0.15) is 0 Å². The third-order valence-electron chi connectivity index (χ3n) is 4.74. The SMILES string of the molecule is CC[C@@H]1CC[C@@H](c2ccc(Cl)cc2Cl)N(c2ccc(Cl)cc2)C1. The highest BCUT2D eigenvalue weighted by molar-refractivity contribution is 6.35. The maximum Gasteiger partial charge on any atom is 0.0557 e. The molecular formula is C19H20Cl3N. The molecule has 4 heteroatoms. The van der Waals surface area contributed by atoms with Crippen molar-refractivity contribution >= 4 is 40.5 Å². The summed E-state index contributed by atoms with van der Waals surface area (Å²) in [6.07, 6.45) is 3.53. The Morgan fingerprint density at radius 1 is 0.957 bits per heavy atom. The quantitative estimate of drug-likeness (QED) is 0.563. The van der Waals surface area contributed by atoms with Crippen LogP contribution in [0, 0.1) is 5.92 Å². The first-order valence-corrected chi connectivity index (χ1v) is 9.19. The highest BCUT2D eigenvalue weighted by atomic mass is 35.5. The number of hydrogen-bond acceptors (Lipinski definition) is 1. The van der Waals surface area contributed by atoms with Crippen LogP contribution in [0.3, 0.4) is 0 Å². The van der Waals surface area contributed by atoms with Crippen LogP contribution in [0.25, 0.3) is 0 Å². The molecule has 1 fully saturated rings. The Hall–Kier alpha value is -0.890. The average Bonchev–Trinajstić information content (AvgIpc) is 2.55. The lowest BCUT2D eigenvalue weighted by Gasteiger charge is -2.42. The van der Waals surface area contributed by atoms with E-state index in [1.807, 2.05) is 24.3 Å². The van der Waals surface area contributed by atoms with Crippen molar-refractivity contribution in [2.75, 3.05) is 11.4 Å². The van der Waals surface area contributed by atoms with E-state index >= 15 is 0 Å². The smallest absolute Gasteiger partial charge is 0.0557 e.